The summed E-state index contributed by atoms with van der Waals surface area (Å²) in [5, 5.41) is 11.1. The second kappa shape index (κ2) is 7.40. The molecule has 0 unspecified atom stereocenters. The normalized spacial score (nSPS) is 14.5. The molecule has 0 fully saturated rings. The van der Waals surface area contributed by atoms with Crippen LogP contribution >= 0.6 is 11.6 Å². The van der Waals surface area contributed by atoms with Crippen LogP contribution in [0.4, 0.5) is 0 Å². The topological polar surface area (TPSA) is 50.5 Å². The predicted octanol–water partition coefficient (Wildman–Crippen LogP) is 3.80. The summed E-state index contributed by atoms with van der Waals surface area (Å²) in [6, 6.07) is 11.5. The fraction of sp³-hybridized carbons (Fsp3) is 0.250. The molecule has 2 aromatic carbocycles. The minimum absolute atomic E-state index is 0.175. The Hall–Kier alpha value is -2.50. The molecular weight excluding hydrogens is 350 g/mol. The Labute approximate surface area is 157 Å². The van der Waals surface area contributed by atoms with E-state index in [1.165, 1.54) is 0 Å². The molecule has 134 valence electrons. The minimum atomic E-state index is 0.175. The second-order valence-electron chi connectivity index (χ2n) is 6.42. The van der Waals surface area contributed by atoms with Gasteiger partial charge in [0.1, 0.15) is 6.61 Å². The molecule has 1 aliphatic heterocycles. The third-order valence-corrected chi connectivity index (χ3v) is 4.82. The van der Waals surface area contributed by atoms with Crippen LogP contribution in [0, 0.1) is 0 Å². The highest BCUT2D eigenvalue weighted by molar-refractivity contribution is 6.30. The van der Waals surface area contributed by atoms with Crippen molar-refractivity contribution in [2.24, 2.45) is 0 Å². The van der Waals surface area contributed by atoms with Gasteiger partial charge in [-0.1, -0.05) is 23.7 Å². The van der Waals surface area contributed by atoms with Gasteiger partial charge in [0.05, 0.1) is 6.33 Å². The van der Waals surface area contributed by atoms with E-state index < -0.39 is 0 Å². The molecule has 0 saturated heterocycles. The minimum Gasteiger partial charge on any atom is -0.504 e. The predicted molar refractivity (Wildman–Crippen MR) is 102 cm³/mol. The van der Waals surface area contributed by atoms with Crippen molar-refractivity contribution in [3.8, 4) is 22.6 Å². The molecule has 4 rings (SSSR count). The number of hydrogen-bond donors (Lipinski definition) is 1. The number of rotatable bonds is 4. The number of phenols is 1. The van der Waals surface area contributed by atoms with Gasteiger partial charge < -0.3 is 14.4 Å². The Kier molecular flexibility index (Phi) is 4.82. The van der Waals surface area contributed by atoms with Crippen molar-refractivity contribution < 1.29 is 9.84 Å². The van der Waals surface area contributed by atoms with Gasteiger partial charge in [-0.2, -0.15) is 0 Å². The summed E-state index contributed by atoms with van der Waals surface area (Å²) < 4.78 is 7.89. The first-order valence-corrected chi connectivity index (χ1v) is 8.99. The average Bonchev–Trinajstić information content (AvgIpc) is 3.06. The molecule has 1 N–H and O–H groups in total. The third-order valence-electron chi connectivity index (χ3n) is 4.59. The van der Waals surface area contributed by atoms with Crippen LogP contribution in [0.1, 0.15) is 5.56 Å². The maximum atomic E-state index is 10.5. The first kappa shape index (κ1) is 16.9. The van der Waals surface area contributed by atoms with E-state index in [-0.39, 0.29) is 5.75 Å². The van der Waals surface area contributed by atoms with E-state index in [4.69, 9.17) is 16.3 Å². The standard InChI is InChI=1S/C20H20ClN3O2/c21-18-3-1-2-15(11-18)16-10-17-13-23(6-7-24-5-4-22-14-24)8-9-26-20(17)19(25)12-16/h1-5,10-12,14,25H,6-9,13H2. The number of benzene rings is 2. The van der Waals surface area contributed by atoms with E-state index in [2.05, 4.69) is 20.5 Å². The van der Waals surface area contributed by atoms with Gasteiger partial charge in [-0.3, -0.25) is 4.90 Å². The molecule has 0 amide bonds. The van der Waals surface area contributed by atoms with Crippen LogP contribution in [-0.2, 0) is 13.1 Å². The zero-order valence-electron chi connectivity index (χ0n) is 14.3. The van der Waals surface area contributed by atoms with Gasteiger partial charge in [-0.05, 0) is 35.4 Å². The van der Waals surface area contributed by atoms with Gasteiger partial charge in [-0.25, -0.2) is 4.98 Å². The summed E-state index contributed by atoms with van der Waals surface area (Å²) in [4.78, 5) is 6.41. The summed E-state index contributed by atoms with van der Waals surface area (Å²) in [6.45, 7) is 3.86. The van der Waals surface area contributed by atoms with Gasteiger partial charge in [0.15, 0.2) is 11.5 Å². The molecule has 0 bridgehead atoms. The Bertz CT molecular complexity index is 896. The van der Waals surface area contributed by atoms with Crippen LogP contribution in [0.5, 0.6) is 11.5 Å². The lowest BCUT2D eigenvalue weighted by Gasteiger charge is -2.19. The number of aromatic nitrogens is 2. The largest absolute Gasteiger partial charge is 0.504 e. The van der Waals surface area contributed by atoms with Crippen LogP contribution in [0.2, 0.25) is 5.02 Å². The van der Waals surface area contributed by atoms with Crippen LogP contribution in [0.15, 0.2) is 55.1 Å². The second-order valence-corrected chi connectivity index (χ2v) is 6.86. The number of ether oxygens (including phenoxy) is 1. The quantitative estimate of drug-likeness (QED) is 0.760. The number of nitrogens with zero attached hydrogens (tertiary/aromatic N) is 3. The first-order chi connectivity index (χ1) is 12.7. The van der Waals surface area contributed by atoms with Crippen molar-refractivity contribution in [2.45, 2.75) is 13.1 Å². The van der Waals surface area contributed by atoms with Crippen LogP contribution in [0.3, 0.4) is 0 Å². The molecule has 2 heterocycles. The number of hydrogen-bond acceptors (Lipinski definition) is 4. The molecule has 0 radical (unpaired) electrons. The lowest BCUT2D eigenvalue weighted by Crippen LogP contribution is -2.29. The lowest BCUT2D eigenvalue weighted by molar-refractivity contribution is 0.217. The Morgan fingerprint density at radius 3 is 2.88 bits per heavy atom. The molecule has 5 nitrogen and oxygen atoms in total. The highest BCUT2D eigenvalue weighted by Crippen LogP contribution is 2.38. The van der Waals surface area contributed by atoms with Crippen LogP contribution in [0.25, 0.3) is 11.1 Å². The molecule has 6 heteroatoms. The van der Waals surface area contributed by atoms with Crippen molar-refractivity contribution in [1.82, 2.24) is 14.5 Å². The Balaban J connectivity index is 1.59. The fourth-order valence-corrected chi connectivity index (χ4v) is 3.44. The highest BCUT2D eigenvalue weighted by Gasteiger charge is 2.19. The van der Waals surface area contributed by atoms with E-state index in [1.54, 1.807) is 12.3 Å². The summed E-state index contributed by atoms with van der Waals surface area (Å²) in [5.41, 5.74) is 2.90. The number of imidazole rings is 1. The molecular formula is C20H20ClN3O2. The summed E-state index contributed by atoms with van der Waals surface area (Å²) in [7, 11) is 0. The van der Waals surface area contributed by atoms with E-state index in [0.29, 0.717) is 17.4 Å². The third kappa shape index (κ3) is 3.69. The number of fused-ring (bicyclic) bond motifs is 1. The maximum absolute atomic E-state index is 10.5. The molecule has 26 heavy (non-hydrogen) atoms. The zero-order chi connectivity index (χ0) is 17.9. The average molecular weight is 370 g/mol. The van der Waals surface area contributed by atoms with Crippen LogP contribution < -0.4 is 4.74 Å². The summed E-state index contributed by atoms with van der Waals surface area (Å²) in [6.07, 6.45) is 5.58. The monoisotopic (exact) mass is 369 g/mol. The fourth-order valence-electron chi connectivity index (χ4n) is 3.25. The maximum Gasteiger partial charge on any atom is 0.165 e. The Morgan fingerprint density at radius 1 is 1.15 bits per heavy atom. The van der Waals surface area contributed by atoms with Crippen molar-refractivity contribution in [3.63, 3.8) is 0 Å². The molecule has 1 aromatic heterocycles. The van der Waals surface area contributed by atoms with Gasteiger partial charge >= 0.3 is 0 Å². The number of halogens is 1. The SMILES string of the molecule is Oc1cc(-c2cccc(Cl)c2)cc2c1OCCN(CCn1ccnc1)C2. The van der Waals surface area contributed by atoms with Crippen molar-refractivity contribution in [1.29, 1.82) is 0 Å². The van der Waals surface area contributed by atoms with Crippen molar-refractivity contribution in [3.05, 3.63) is 65.7 Å². The van der Waals surface area contributed by atoms with E-state index >= 15 is 0 Å². The van der Waals surface area contributed by atoms with Crippen molar-refractivity contribution in [2.75, 3.05) is 19.7 Å². The molecule has 1 aliphatic rings. The molecule has 3 aromatic rings. The molecule has 0 atom stereocenters. The molecule has 0 spiro atoms. The van der Waals surface area contributed by atoms with Crippen LogP contribution in [-0.4, -0.2) is 39.3 Å². The van der Waals surface area contributed by atoms with E-state index in [0.717, 1.165) is 42.9 Å². The molecule has 0 saturated carbocycles. The van der Waals surface area contributed by atoms with Gasteiger partial charge in [0, 0.05) is 49.2 Å². The molecule has 0 aliphatic carbocycles. The first-order valence-electron chi connectivity index (χ1n) is 8.62. The van der Waals surface area contributed by atoms with E-state index in [9.17, 15) is 5.11 Å². The summed E-state index contributed by atoms with van der Waals surface area (Å²) >= 11 is 6.11. The number of phenolic OH excluding ortho intramolecular Hbond substituents is 1. The van der Waals surface area contributed by atoms with Crippen molar-refractivity contribution >= 4 is 11.6 Å². The van der Waals surface area contributed by atoms with Gasteiger partial charge in [0.2, 0.25) is 0 Å². The van der Waals surface area contributed by atoms with Gasteiger partial charge in [-0.15, -0.1) is 0 Å². The smallest absolute Gasteiger partial charge is 0.165 e. The lowest BCUT2D eigenvalue weighted by atomic mass is 10.0. The van der Waals surface area contributed by atoms with Gasteiger partial charge in [0.25, 0.3) is 0 Å². The zero-order valence-corrected chi connectivity index (χ0v) is 15.1. The summed E-state index contributed by atoms with van der Waals surface area (Å²) in [5.74, 6) is 0.759. The Morgan fingerprint density at radius 2 is 2.08 bits per heavy atom. The highest BCUT2D eigenvalue weighted by atomic mass is 35.5. The number of aromatic hydroxyl groups is 1. The van der Waals surface area contributed by atoms with E-state index in [1.807, 2.05) is 36.8 Å².